The summed E-state index contributed by atoms with van der Waals surface area (Å²) in [5.41, 5.74) is 5.12. The van der Waals surface area contributed by atoms with Gasteiger partial charge in [0.25, 0.3) is 0 Å². The second-order valence-electron chi connectivity index (χ2n) is 4.84. The molecule has 100 valence electrons. The fourth-order valence-electron chi connectivity index (χ4n) is 2.06. The van der Waals surface area contributed by atoms with Gasteiger partial charge in [-0.05, 0) is 71.7 Å². The smallest absolute Gasteiger partial charge is 0.107 e. The van der Waals surface area contributed by atoms with Crippen molar-refractivity contribution in [1.82, 2.24) is 0 Å². The van der Waals surface area contributed by atoms with Crippen molar-refractivity contribution in [2.24, 2.45) is 0 Å². The molecule has 1 N–H and O–H groups in total. The monoisotopic (exact) mass is 386 g/mol. The predicted octanol–water partition coefficient (Wildman–Crippen LogP) is 4.95. The highest BCUT2D eigenvalue weighted by molar-refractivity contribution is 14.1. The highest BCUT2D eigenvalue weighted by atomic mass is 127. The van der Waals surface area contributed by atoms with Gasteiger partial charge in [0.05, 0.1) is 0 Å². The minimum atomic E-state index is -0.682. The van der Waals surface area contributed by atoms with Crippen molar-refractivity contribution < 1.29 is 5.11 Å². The standard InChI is InChI=1S/C16H16ClIO/c1-9-5-4-6-12(15(9)18)16(19)13-7-10(2)11(3)8-14(13)17/h4-8,16,19H,1-3H3. The summed E-state index contributed by atoms with van der Waals surface area (Å²) in [4.78, 5) is 0. The third kappa shape index (κ3) is 2.96. The summed E-state index contributed by atoms with van der Waals surface area (Å²) < 4.78 is 1.09. The van der Waals surface area contributed by atoms with Crippen molar-refractivity contribution in [3.63, 3.8) is 0 Å². The Kier molecular flexibility index (Phi) is 4.54. The fraction of sp³-hybridized carbons (Fsp3) is 0.250. The molecular formula is C16H16ClIO. The number of hydrogen-bond acceptors (Lipinski definition) is 1. The van der Waals surface area contributed by atoms with Crippen LogP contribution in [0.3, 0.4) is 0 Å². The molecule has 3 heteroatoms. The summed E-state index contributed by atoms with van der Waals surface area (Å²) in [6.45, 7) is 6.09. The average molecular weight is 387 g/mol. The topological polar surface area (TPSA) is 20.2 Å². The zero-order chi connectivity index (χ0) is 14.2. The number of aliphatic hydroxyl groups excluding tert-OH is 1. The van der Waals surface area contributed by atoms with E-state index in [-0.39, 0.29) is 0 Å². The van der Waals surface area contributed by atoms with Crippen LogP contribution < -0.4 is 0 Å². The molecule has 0 amide bonds. The van der Waals surface area contributed by atoms with E-state index >= 15 is 0 Å². The minimum absolute atomic E-state index is 0.618. The lowest BCUT2D eigenvalue weighted by Gasteiger charge is -2.17. The molecule has 0 radical (unpaired) electrons. The first-order chi connectivity index (χ1) is 8.91. The third-order valence-corrected chi connectivity index (χ3v) is 5.22. The van der Waals surface area contributed by atoms with E-state index in [1.54, 1.807) is 0 Å². The van der Waals surface area contributed by atoms with Crippen molar-refractivity contribution in [2.75, 3.05) is 0 Å². The molecule has 0 aromatic heterocycles. The number of halogens is 2. The van der Waals surface area contributed by atoms with Crippen LogP contribution >= 0.6 is 34.2 Å². The Balaban J connectivity index is 2.53. The number of aryl methyl sites for hydroxylation is 3. The molecule has 0 saturated carbocycles. The maximum Gasteiger partial charge on any atom is 0.107 e. The summed E-state index contributed by atoms with van der Waals surface area (Å²) >= 11 is 8.55. The van der Waals surface area contributed by atoms with Crippen LogP contribution in [0.15, 0.2) is 30.3 Å². The molecule has 1 unspecified atom stereocenters. The van der Waals surface area contributed by atoms with Crippen molar-refractivity contribution in [1.29, 1.82) is 0 Å². The van der Waals surface area contributed by atoms with E-state index < -0.39 is 6.10 Å². The van der Waals surface area contributed by atoms with Crippen LogP contribution in [-0.2, 0) is 0 Å². The van der Waals surface area contributed by atoms with E-state index in [1.165, 1.54) is 0 Å². The lowest BCUT2D eigenvalue weighted by molar-refractivity contribution is 0.219. The summed E-state index contributed by atoms with van der Waals surface area (Å²) in [6, 6.07) is 9.84. The number of aliphatic hydroxyl groups is 1. The minimum Gasteiger partial charge on any atom is -0.384 e. The van der Waals surface area contributed by atoms with E-state index in [4.69, 9.17) is 11.6 Å². The molecule has 0 aliphatic heterocycles. The van der Waals surface area contributed by atoms with Gasteiger partial charge in [0.1, 0.15) is 6.10 Å². The van der Waals surface area contributed by atoms with Gasteiger partial charge >= 0.3 is 0 Å². The molecule has 0 aliphatic carbocycles. The molecule has 0 aliphatic rings. The molecule has 2 rings (SSSR count). The van der Waals surface area contributed by atoms with E-state index in [0.29, 0.717) is 5.02 Å². The van der Waals surface area contributed by atoms with Gasteiger partial charge in [0.2, 0.25) is 0 Å². The Bertz CT molecular complexity index is 622. The molecule has 2 aromatic rings. The zero-order valence-electron chi connectivity index (χ0n) is 11.2. The molecule has 1 nitrogen and oxygen atoms in total. The normalized spacial score (nSPS) is 12.5. The molecule has 0 spiro atoms. The van der Waals surface area contributed by atoms with Gasteiger partial charge in [0.15, 0.2) is 0 Å². The fourth-order valence-corrected chi connectivity index (χ4v) is 3.04. The summed E-state index contributed by atoms with van der Waals surface area (Å²) in [5, 5.41) is 11.2. The quantitative estimate of drug-likeness (QED) is 0.724. The molecule has 0 fully saturated rings. The van der Waals surface area contributed by atoms with Crippen LogP contribution in [0.2, 0.25) is 5.02 Å². The summed E-state index contributed by atoms with van der Waals surface area (Å²) in [5.74, 6) is 0. The Morgan fingerprint density at radius 2 is 1.63 bits per heavy atom. The first-order valence-electron chi connectivity index (χ1n) is 6.11. The molecule has 0 saturated heterocycles. The van der Waals surface area contributed by atoms with Gasteiger partial charge in [-0.3, -0.25) is 0 Å². The Labute approximate surface area is 132 Å². The van der Waals surface area contributed by atoms with E-state index in [1.807, 2.05) is 51.1 Å². The molecule has 2 aromatic carbocycles. The molecule has 1 atom stereocenters. The molecule has 19 heavy (non-hydrogen) atoms. The van der Waals surface area contributed by atoms with Crippen LogP contribution in [0, 0.1) is 24.3 Å². The van der Waals surface area contributed by atoms with Crippen molar-refractivity contribution in [3.8, 4) is 0 Å². The van der Waals surface area contributed by atoms with Crippen molar-refractivity contribution in [2.45, 2.75) is 26.9 Å². The molecule has 0 heterocycles. The van der Waals surface area contributed by atoms with Gasteiger partial charge in [0, 0.05) is 14.2 Å². The molecular weight excluding hydrogens is 371 g/mol. The number of hydrogen-bond donors (Lipinski definition) is 1. The Morgan fingerprint density at radius 3 is 2.32 bits per heavy atom. The highest BCUT2D eigenvalue weighted by Gasteiger charge is 2.18. The summed E-state index contributed by atoms with van der Waals surface area (Å²) in [7, 11) is 0. The van der Waals surface area contributed by atoms with Crippen LogP contribution in [-0.4, -0.2) is 5.11 Å². The van der Waals surface area contributed by atoms with Gasteiger partial charge in [-0.25, -0.2) is 0 Å². The lowest BCUT2D eigenvalue weighted by Crippen LogP contribution is -2.05. The van der Waals surface area contributed by atoms with Gasteiger partial charge in [-0.15, -0.1) is 0 Å². The first-order valence-corrected chi connectivity index (χ1v) is 7.57. The maximum atomic E-state index is 10.6. The average Bonchev–Trinajstić information content (AvgIpc) is 2.36. The van der Waals surface area contributed by atoms with Crippen LogP contribution in [0.1, 0.15) is 33.9 Å². The SMILES string of the molecule is Cc1cc(Cl)c(C(O)c2cccc(C)c2I)cc1C. The van der Waals surface area contributed by atoms with Crippen LogP contribution in [0.4, 0.5) is 0 Å². The van der Waals surface area contributed by atoms with Crippen molar-refractivity contribution in [3.05, 3.63) is 66.7 Å². The number of rotatable bonds is 2. The Hall–Kier alpha value is -0.580. The van der Waals surface area contributed by atoms with Gasteiger partial charge in [-0.2, -0.15) is 0 Å². The van der Waals surface area contributed by atoms with E-state index in [9.17, 15) is 5.11 Å². The van der Waals surface area contributed by atoms with Gasteiger partial charge in [-0.1, -0.05) is 35.9 Å². The predicted molar refractivity (Wildman–Crippen MR) is 88.9 cm³/mol. The largest absolute Gasteiger partial charge is 0.384 e. The lowest BCUT2D eigenvalue weighted by atomic mass is 9.97. The van der Waals surface area contributed by atoms with Gasteiger partial charge < -0.3 is 5.11 Å². The van der Waals surface area contributed by atoms with E-state index in [0.717, 1.165) is 31.4 Å². The highest BCUT2D eigenvalue weighted by Crippen LogP contribution is 2.33. The second kappa shape index (κ2) is 5.81. The van der Waals surface area contributed by atoms with E-state index in [2.05, 4.69) is 22.6 Å². The van der Waals surface area contributed by atoms with Crippen LogP contribution in [0.5, 0.6) is 0 Å². The first kappa shape index (κ1) is 14.8. The molecule has 0 bridgehead atoms. The second-order valence-corrected chi connectivity index (χ2v) is 6.32. The number of benzene rings is 2. The third-order valence-electron chi connectivity index (χ3n) is 3.42. The Morgan fingerprint density at radius 1 is 1.00 bits per heavy atom. The maximum absolute atomic E-state index is 10.6. The summed E-state index contributed by atoms with van der Waals surface area (Å²) in [6.07, 6.45) is -0.682. The van der Waals surface area contributed by atoms with Crippen molar-refractivity contribution >= 4 is 34.2 Å². The zero-order valence-corrected chi connectivity index (χ0v) is 14.1. The van der Waals surface area contributed by atoms with Crippen LogP contribution in [0.25, 0.3) is 0 Å².